The van der Waals surface area contributed by atoms with E-state index in [-0.39, 0.29) is 5.84 Å². The zero-order chi connectivity index (χ0) is 15.6. The van der Waals surface area contributed by atoms with Gasteiger partial charge in [-0.3, -0.25) is 0 Å². The highest BCUT2D eigenvalue weighted by atomic mass is 79.9. The van der Waals surface area contributed by atoms with Gasteiger partial charge in [0.2, 0.25) is 10.0 Å². The fourth-order valence-electron chi connectivity index (χ4n) is 2.24. The molecule has 2 rings (SSSR count). The monoisotopic (exact) mass is 376 g/mol. The highest BCUT2D eigenvalue weighted by Gasteiger charge is 2.23. The van der Waals surface area contributed by atoms with Crippen molar-refractivity contribution in [1.29, 1.82) is 0 Å². The van der Waals surface area contributed by atoms with Crippen LogP contribution in [0.5, 0.6) is 0 Å². The summed E-state index contributed by atoms with van der Waals surface area (Å²) in [5.41, 5.74) is 7.14. The number of hydrogen-bond acceptors (Lipinski definition) is 5. The van der Waals surface area contributed by atoms with Crippen LogP contribution in [0.3, 0.4) is 0 Å². The Morgan fingerprint density at radius 2 is 1.95 bits per heavy atom. The molecule has 7 nitrogen and oxygen atoms in total. The van der Waals surface area contributed by atoms with Crippen molar-refractivity contribution in [2.75, 3.05) is 37.3 Å². The summed E-state index contributed by atoms with van der Waals surface area (Å²) in [5, 5.41) is 11.7. The summed E-state index contributed by atoms with van der Waals surface area (Å²) < 4.78 is 25.2. The first-order chi connectivity index (χ1) is 9.82. The minimum absolute atomic E-state index is 0.0373. The van der Waals surface area contributed by atoms with E-state index in [1.54, 1.807) is 6.07 Å². The Morgan fingerprint density at radius 1 is 1.33 bits per heavy atom. The maximum absolute atomic E-state index is 11.5. The lowest BCUT2D eigenvalue weighted by atomic mass is 10.1. The summed E-state index contributed by atoms with van der Waals surface area (Å²) in [6.07, 6.45) is 1.23. The van der Waals surface area contributed by atoms with Gasteiger partial charge in [0.25, 0.3) is 0 Å². The van der Waals surface area contributed by atoms with Crippen molar-refractivity contribution >= 4 is 37.5 Å². The van der Waals surface area contributed by atoms with Gasteiger partial charge in [-0.25, -0.2) is 8.42 Å². The highest BCUT2D eigenvalue weighted by molar-refractivity contribution is 9.10. The Balaban J connectivity index is 2.13. The first kappa shape index (κ1) is 16.1. The van der Waals surface area contributed by atoms with E-state index in [1.807, 2.05) is 12.1 Å². The standard InChI is InChI=1S/C12H17BrN4O3S/c1-21(19,20)17-6-4-16(5-7-17)9-2-3-10(11(13)8-9)12(14)15-18/h2-3,8,18H,4-7H2,1H3,(H2,14,15). The SMILES string of the molecule is CS(=O)(=O)N1CCN(c2ccc(/C(N)=N/O)c(Br)c2)CC1. The summed E-state index contributed by atoms with van der Waals surface area (Å²) >= 11 is 3.39. The van der Waals surface area contributed by atoms with Crippen molar-refractivity contribution in [2.45, 2.75) is 0 Å². The molecule has 116 valence electrons. The lowest BCUT2D eigenvalue weighted by Crippen LogP contribution is -2.48. The molecule has 0 bridgehead atoms. The summed E-state index contributed by atoms with van der Waals surface area (Å²) in [4.78, 5) is 2.10. The van der Waals surface area contributed by atoms with Gasteiger partial charge in [0.05, 0.1) is 6.26 Å². The van der Waals surface area contributed by atoms with Crippen LogP contribution in [-0.2, 0) is 10.0 Å². The number of nitrogens with zero attached hydrogens (tertiary/aromatic N) is 3. The second kappa shape index (κ2) is 6.20. The van der Waals surface area contributed by atoms with Gasteiger partial charge in [0.1, 0.15) is 0 Å². The summed E-state index contributed by atoms with van der Waals surface area (Å²) in [6, 6.07) is 5.51. The predicted octanol–water partition coefficient (Wildman–Crippen LogP) is 0.625. The van der Waals surface area contributed by atoms with Gasteiger partial charge in [-0.2, -0.15) is 4.31 Å². The van der Waals surface area contributed by atoms with E-state index in [0.717, 1.165) is 10.2 Å². The average Bonchev–Trinajstić information content (AvgIpc) is 2.45. The zero-order valence-corrected chi connectivity index (χ0v) is 13.9. The number of halogens is 1. The summed E-state index contributed by atoms with van der Waals surface area (Å²) in [7, 11) is -3.12. The van der Waals surface area contributed by atoms with Crippen molar-refractivity contribution in [3.63, 3.8) is 0 Å². The molecule has 3 N–H and O–H groups in total. The number of rotatable bonds is 3. The van der Waals surface area contributed by atoms with E-state index in [2.05, 4.69) is 26.0 Å². The lowest BCUT2D eigenvalue weighted by Gasteiger charge is -2.34. The molecule has 21 heavy (non-hydrogen) atoms. The van der Waals surface area contributed by atoms with Crippen molar-refractivity contribution in [3.8, 4) is 0 Å². The topological polar surface area (TPSA) is 99.2 Å². The molecule has 0 spiro atoms. The normalized spacial score (nSPS) is 18.0. The number of piperazine rings is 1. The number of benzene rings is 1. The molecule has 0 unspecified atom stereocenters. The Labute approximate surface area is 132 Å². The molecule has 1 aromatic rings. The van der Waals surface area contributed by atoms with Crippen LogP contribution >= 0.6 is 15.9 Å². The Kier molecular flexibility index (Phi) is 4.74. The number of hydrogen-bond donors (Lipinski definition) is 2. The number of amidine groups is 1. The van der Waals surface area contributed by atoms with Crippen LogP contribution in [0.1, 0.15) is 5.56 Å². The van der Waals surface area contributed by atoms with Gasteiger partial charge < -0.3 is 15.8 Å². The number of nitrogens with two attached hydrogens (primary N) is 1. The molecular formula is C12H17BrN4O3S. The van der Waals surface area contributed by atoms with E-state index in [9.17, 15) is 8.42 Å². The van der Waals surface area contributed by atoms with Gasteiger partial charge in [-0.1, -0.05) is 5.16 Å². The molecule has 1 aromatic carbocycles. The van der Waals surface area contributed by atoms with Crippen molar-refractivity contribution in [3.05, 3.63) is 28.2 Å². The average molecular weight is 377 g/mol. The molecule has 9 heteroatoms. The minimum atomic E-state index is -3.12. The molecule has 0 saturated carbocycles. The van der Waals surface area contributed by atoms with Gasteiger partial charge >= 0.3 is 0 Å². The second-order valence-electron chi connectivity index (χ2n) is 4.80. The van der Waals surface area contributed by atoms with E-state index in [4.69, 9.17) is 10.9 Å². The molecule has 0 radical (unpaired) electrons. The zero-order valence-electron chi connectivity index (χ0n) is 11.5. The summed E-state index contributed by atoms with van der Waals surface area (Å²) in [6.45, 7) is 2.20. The van der Waals surface area contributed by atoms with Crippen molar-refractivity contribution in [2.24, 2.45) is 10.9 Å². The molecule has 1 aliphatic rings. The molecule has 0 aliphatic carbocycles. The molecule has 0 amide bonds. The van der Waals surface area contributed by atoms with Crippen LogP contribution in [-0.4, -0.2) is 56.2 Å². The largest absolute Gasteiger partial charge is 0.409 e. The lowest BCUT2D eigenvalue weighted by molar-refractivity contribution is 0.318. The van der Waals surface area contributed by atoms with Gasteiger partial charge in [0, 0.05) is 41.9 Å². The van der Waals surface area contributed by atoms with Gasteiger partial charge in [0.15, 0.2) is 5.84 Å². The quantitative estimate of drug-likeness (QED) is 0.348. The van der Waals surface area contributed by atoms with Crippen LogP contribution in [0.4, 0.5) is 5.69 Å². The molecule has 0 atom stereocenters. The van der Waals surface area contributed by atoms with Crippen molar-refractivity contribution < 1.29 is 13.6 Å². The van der Waals surface area contributed by atoms with E-state index < -0.39 is 10.0 Å². The third-order valence-electron chi connectivity index (χ3n) is 3.41. The Morgan fingerprint density at radius 3 is 2.43 bits per heavy atom. The molecule has 0 aromatic heterocycles. The number of oxime groups is 1. The molecule has 1 aliphatic heterocycles. The van der Waals surface area contributed by atoms with Crippen LogP contribution in [0.25, 0.3) is 0 Å². The fraction of sp³-hybridized carbons (Fsp3) is 0.417. The maximum atomic E-state index is 11.5. The summed E-state index contributed by atoms with van der Waals surface area (Å²) in [5.74, 6) is 0.0373. The minimum Gasteiger partial charge on any atom is -0.409 e. The Bertz CT molecular complexity index is 654. The highest BCUT2D eigenvalue weighted by Crippen LogP contribution is 2.25. The third kappa shape index (κ3) is 3.66. The smallest absolute Gasteiger partial charge is 0.211 e. The molecule has 1 heterocycles. The maximum Gasteiger partial charge on any atom is 0.211 e. The number of anilines is 1. The van der Waals surface area contributed by atoms with Crippen LogP contribution in [0.15, 0.2) is 27.8 Å². The van der Waals surface area contributed by atoms with Crippen LogP contribution < -0.4 is 10.6 Å². The predicted molar refractivity (Wildman–Crippen MR) is 85.3 cm³/mol. The van der Waals surface area contributed by atoms with Crippen LogP contribution in [0, 0.1) is 0 Å². The molecular weight excluding hydrogens is 360 g/mol. The third-order valence-corrected chi connectivity index (χ3v) is 5.37. The fourth-order valence-corrected chi connectivity index (χ4v) is 3.64. The second-order valence-corrected chi connectivity index (χ2v) is 7.64. The van der Waals surface area contributed by atoms with Crippen molar-refractivity contribution in [1.82, 2.24) is 4.31 Å². The first-order valence-electron chi connectivity index (χ1n) is 6.30. The van der Waals surface area contributed by atoms with E-state index >= 15 is 0 Å². The Hall–Kier alpha value is -1.32. The molecule has 1 fully saturated rings. The first-order valence-corrected chi connectivity index (χ1v) is 8.94. The van der Waals surface area contributed by atoms with E-state index in [0.29, 0.717) is 31.7 Å². The van der Waals surface area contributed by atoms with Gasteiger partial charge in [-0.15, -0.1) is 0 Å². The molecule has 1 saturated heterocycles. The number of sulfonamides is 1. The van der Waals surface area contributed by atoms with E-state index in [1.165, 1.54) is 10.6 Å². The van der Waals surface area contributed by atoms with Crippen LogP contribution in [0.2, 0.25) is 0 Å². The van der Waals surface area contributed by atoms with Gasteiger partial charge in [-0.05, 0) is 34.1 Å².